The first kappa shape index (κ1) is 16.5. The van der Waals surface area contributed by atoms with Crippen molar-refractivity contribution in [2.24, 2.45) is 11.1 Å². The zero-order valence-electron chi connectivity index (χ0n) is 12.7. The van der Waals surface area contributed by atoms with Crippen LogP contribution < -0.4 is 0 Å². The van der Waals surface area contributed by atoms with Crippen LogP contribution in [0.3, 0.4) is 0 Å². The van der Waals surface area contributed by atoms with E-state index >= 15 is 0 Å². The summed E-state index contributed by atoms with van der Waals surface area (Å²) in [6.07, 6.45) is 2.95. The van der Waals surface area contributed by atoms with E-state index in [0.717, 1.165) is 19.3 Å². The summed E-state index contributed by atoms with van der Waals surface area (Å²) in [5, 5.41) is 12.0. The van der Waals surface area contributed by atoms with Crippen LogP contribution in [0.1, 0.15) is 47.0 Å². The molecule has 0 saturated carbocycles. The number of carbonyl (C=O) groups is 2. The Balaban J connectivity index is 2.73. The van der Waals surface area contributed by atoms with Gasteiger partial charge in [-0.15, -0.1) is 0 Å². The highest BCUT2D eigenvalue weighted by molar-refractivity contribution is 6.44. The number of esters is 1. The summed E-state index contributed by atoms with van der Waals surface area (Å²) in [6.45, 7) is 8.17. The maximum Gasteiger partial charge on any atom is 0.317 e. The zero-order chi connectivity index (χ0) is 15.3. The van der Waals surface area contributed by atoms with Crippen molar-refractivity contribution < 1.29 is 19.5 Å². The maximum absolute atomic E-state index is 12.1. The predicted octanol–water partition coefficient (Wildman–Crippen LogP) is 1.81. The van der Waals surface area contributed by atoms with Gasteiger partial charge in [0.1, 0.15) is 11.5 Å². The van der Waals surface area contributed by atoms with Gasteiger partial charge >= 0.3 is 5.97 Å². The maximum atomic E-state index is 12.1. The predicted molar refractivity (Wildman–Crippen MR) is 74.7 cm³/mol. The Hall–Kier alpha value is -1.59. The molecule has 6 nitrogen and oxygen atoms in total. The van der Waals surface area contributed by atoms with E-state index < -0.39 is 17.5 Å². The number of rotatable bonds is 5. The van der Waals surface area contributed by atoms with Crippen molar-refractivity contribution in [1.82, 2.24) is 4.90 Å². The summed E-state index contributed by atoms with van der Waals surface area (Å²) in [4.78, 5) is 25.7. The lowest BCUT2D eigenvalue weighted by atomic mass is 10.1. The van der Waals surface area contributed by atoms with E-state index in [1.54, 1.807) is 25.7 Å². The molecule has 0 radical (unpaired) electrons. The molecule has 1 saturated heterocycles. The standard InChI is InChI=1S/C14H24N2O4/c1-5-6-7-8-16-9-10(11(15-19)12(16)17)13(18)20-14(2,3)4/h10,19H,5-9H2,1-4H3. The van der Waals surface area contributed by atoms with E-state index in [-0.39, 0.29) is 18.2 Å². The van der Waals surface area contributed by atoms with Gasteiger partial charge in [-0.2, -0.15) is 0 Å². The number of likely N-dealkylation sites (tertiary alicyclic amines) is 1. The first-order valence-electron chi connectivity index (χ1n) is 7.04. The molecule has 1 aliphatic rings. The highest BCUT2D eigenvalue weighted by Crippen LogP contribution is 2.20. The second kappa shape index (κ2) is 6.72. The quantitative estimate of drug-likeness (QED) is 0.361. The van der Waals surface area contributed by atoms with Crippen molar-refractivity contribution in [2.45, 2.75) is 52.6 Å². The summed E-state index contributed by atoms with van der Waals surface area (Å²) in [5.74, 6) is -1.69. The van der Waals surface area contributed by atoms with Gasteiger partial charge < -0.3 is 14.8 Å². The molecule has 0 spiro atoms. The number of hydrogen-bond acceptors (Lipinski definition) is 5. The number of hydrogen-bond donors (Lipinski definition) is 1. The first-order chi connectivity index (χ1) is 9.30. The van der Waals surface area contributed by atoms with Crippen molar-refractivity contribution in [3.05, 3.63) is 0 Å². The monoisotopic (exact) mass is 284 g/mol. The van der Waals surface area contributed by atoms with Crippen LogP contribution in [0.15, 0.2) is 5.16 Å². The second-order valence-corrected chi connectivity index (χ2v) is 6.03. The minimum absolute atomic E-state index is 0.115. The molecule has 1 unspecified atom stereocenters. The average molecular weight is 284 g/mol. The Morgan fingerprint density at radius 1 is 1.45 bits per heavy atom. The third-order valence-electron chi connectivity index (χ3n) is 3.07. The molecule has 0 bridgehead atoms. The summed E-state index contributed by atoms with van der Waals surface area (Å²) in [5.41, 5.74) is -0.744. The van der Waals surface area contributed by atoms with Crippen molar-refractivity contribution in [3.8, 4) is 0 Å². The van der Waals surface area contributed by atoms with Gasteiger partial charge in [0, 0.05) is 13.1 Å². The summed E-state index contributed by atoms with van der Waals surface area (Å²) >= 11 is 0. The highest BCUT2D eigenvalue weighted by atomic mass is 16.6. The third-order valence-corrected chi connectivity index (χ3v) is 3.07. The van der Waals surface area contributed by atoms with E-state index in [1.165, 1.54) is 0 Å². The van der Waals surface area contributed by atoms with Crippen molar-refractivity contribution in [2.75, 3.05) is 13.1 Å². The molecule has 0 aliphatic carbocycles. The molecule has 1 amide bonds. The minimum Gasteiger partial charge on any atom is -0.459 e. The highest BCUT2D eigenvalue weighted by Gasteiger charge is 2.43. The van der Waals surface area contributed by atoms with Crippen LogP contribution in [-0.4, -0.2) is 46.4 Å². The molecule has 114 valence electrons. The molecule has 20 heavy (non-hydrogen) atoms. The van der Waals surface area contributed by atoms with Crippen molar-refractivity contribution >= 4 is 17.6 Å². The lowest BCUT2D eigenvalue weighted by Gasteiger charge is -2.21. The smallest absolute Gasteiger partial charge is 0.317 e. The van der Waals surface area contributed by atoms with Crippen LogP contribution in [0.25, 0.3) is 0 Å². The van der Waals surface area contributed by atoms with Crippen LogP contribution in [0, 0.1) is 5.92 Å². The fourth-order valence-electron chi connectivity index (χ4n) is 2.12. The normalized spacial score (nSPS) is 21.6. The fourth-order valence-corrected chi connectivity index (χ4v) is 2.12. The molecular weight excluding hydrogens is 260 g/mol. The van der Waals surface area contributed by atoms with Gasteiger partial charge in [0.25, 0.3) is 5.91 Å². The van der Waals surface area contributed by atoms with E-state index in [9.17, 15) is 9.59 Å². The molecule has 1 atom stereocenters. The number of unbranched alkanes of at least 4 members (excludes halogenated alkanes) is 2. The van der Waals surface area contributed by atoms with Crippen LogP contribution in [0.2, 0.25) is 0 Å². The Morgan fingerprint density at radius 3 is 2.60 bits per heavy atom. The topological polar surface area (TPSA) is 79.2 Å². The second-order valence-electron chi connectivity index (χ2n) is 6.03. The number of oxime groups is 1. The summed E-state index contributed by atoms with van der Waals surface area (Å²) < 4.78 is 5.27. The molecule has 0 aromatic rings. The summed E-state index contributed by atoms with van der Waals surface area (Å²) in [6, 6.07) is 0. The molecule has 1 aliphatic heterocycles. The molecule has 6 heteroatoms. The lowest BCUT2D eigenvalue weighted by molar-refractivity contribution is -0.157. The first-order valence-corrected chi connectivity index (χ1v) is 7.04. The number of carbonyl (C=O) groups excluding carboxylic acids is 2. The minimum atomic E-state index is -0.798. The Labute approximate surface area is 119 Å². The Bertz CT molecular complexity index is 398. The largest absolute Gasteiger partial charge is 0.459 e. The van der Waals surface area contributed by atoms with Gasteiger partial charge in [0.15, 0.2) is 5.71 Å². The van der Waals surface area contributed by atoms with Crippen LogP contribution in [0.5, 0.6) is 0 Å². The van der Waals surface area contributed by atoms with Gasteiger partial charge in [0.05, 0.1) is 0 Å². The lowest BCUT2D eigenvalue weighted by Crippen LogP contribution is -2.33. The van der Waals surface area contributed by atoms with Crippen molar-refractivity contribution in [1.29, 1.82) is 0 Å². The van der Waals surface area contributed by atoms with Crippen molar-refractivity contribution in [3.63, 3.8) is 0 Å². The Kier molecular flexibility index (Phi) is 5.53. The van der Waals surface area contributed by atoms with Gasteiger partial charge in [-0.05, 0) is 27.2 Å². The Morgan fingerprint density at radius 2 is 2.10 bits per heavy atom. The van der Waals surface area contributed by atoms with Gasteiger partial charge in [-0.3, -0.25) is 9.59 Å². The van der Waals surface area contributed by atoms with Gasteiger partial charge in [-0.25, -0.2) is 0 Å². The van der Waals surface area contributed by atoms with E-state index in [2.05, 4.69) is 12.1 Å². The molecule has 0 aromatic carbocycles. The molecule has 1 N–H and O–H groups in total. The molecule has 1 fully saturated rings. The SMILES string of the molecule is CCCCCN1CC(C(=O)OC(C)(C)C)C(=NO)C1=O. The number of amides is 1. The van der Waals surface area contributed by atoms with E-state index in [0.29, 0.717) is 6.54 Å². The number of nitrogens with zero attached hydrogens (tertiary/aromatic N) is 2. The molecular formula is C14H24N2O4. The number of ether oxygens (including phenoxy) is 1. The molecule has 0 aromatic heterocycles. The van der Waals surface area contributed by atoms with Crippen LogP contribution in [0.4, 0.5) is 0 Å². The summed E-state index contributed by atoms with van der Waals surface area (Å²) in [7, 11) is 0. The molecule has 1 rings (SSSR count). The third kappa shape index (κ3) is 4.21. The van der Waals surface area contributed by atoms with Crippen LogP contribution in [-0.2, 0) is 14.3 Å². The van der Waals surface area contributed by atoms with Crippen LogP contribution >= 0.6 is 0 Å². The van der Waals surface area contributed by atoms with E-state index in [1.807, 2.05) is 0 Å². The zero-order valence-corrected chi connectivity index (χ0v) is 12.7. The molecule has 1 heterocycles. The van der Waals surface area contributed by atoms with Gasteiger partial charge in [0.2, 0.25) is 0 Å². The average Bonchev–Trinajstić information content (AvgIpc) is 2.65. The van der Waals surface area contributed by atoms with Gasteiger partial charge in [-0.1, -0.05) is 24.9 Å². The fraction of sp³-hybridized carbons (Fsp3) is 0.786. The van der Waals surface area contributed by atoms with E-state index in [4.69, 9.17) is 9.94 Å².